The molecule has 116 valence electrons. The summed E-state index contributed by atoms with van der Waals surface area (Å²) in [5, 5.41) is 11.1. The van der Waals surface area contributed by atoms with Crippen molar-refractivity contribution < 1.29 is 9.32 Å². The summed E-state index contributed by atoms with van der Waals surface area (Å²) in [6.07, 6.45) is 5.90. The van der Waals surface area contributed by atoms with Crippen molar-refractivity contribution in [3.8, 4) is 5.69 Å². The van der Waals surface area contributed by atoms with E-state index in [-0.39, 0.29) is 11.7 Å². The molecule has 1 saturated carbocycles. The van der Waals surface area contributed by atoms with E-state index in [1.54, 1.807) is 16.9 Å². The van der Waals surface area contributed by atoms with E-state index in [1.807, 2.05) is 36.5 Å². The van der Waals surface area contributed by atoms with Crippen molar-refractivity contribution >= 4 is 5.91 Å². The molecule has 1 aliphatic rings. The molecule has 1 fully saturated rings. The molecule has 0 saturated heterocycles. The number of rotatable bonds is 5. The Morgan fingerprint density at radius 3 is 2.91 bits per heavy atom. The van der Waals surface area contributed by atoms with Crippen LogP contribution in [0.4, 0.5) is 0 Å². The van der Waals surface area contributed by atoms with E-state index in [2.05, 4.69) is 15.6 Å². The molecule has 1 amide bonds. The molecule has 1 N–H and O–H groups in total. The quantitative estimate of drug-likeness (QED) is 0.786. The number of benzene rings is 1. The summed E-state index contributed by atoms with van der Waals surface area (Å²) in [4.78, 5) is 12.1. The van der Waals surface area contributed by atoms with Gasteiger partial charge in [0.2, 0.25) is 5.76 Å². The Balaban J connectivity index is 1.38. The maximum absolute atomic E-state index is 12.1. The van der Waals surface area contributed by atoms with Gasteiger partial charge in [0.05, 0.1) is 17.6 Å². The lowest BCUT2D eigenvalue weighted by molar-refractivity contribution is 0.0914. The number of hydrogen-bond acceptors (Lipinski definition) is 4. The highest BCUT2D eigenvalue weighted by atomic mass is 16.5. The van der Waals surface area contributed by atoms with Crippen molar-refractivity contribution in [1.29, 1.82) is 0 Å². The second kappa shape index (κ2) is 5.72. The molecule has 3 aromatic rings. The van der Waals surface area contributed by atoms with Gasteiger partial charge in [-0.25, -0.2) is 4.68 Å². The fourth-order valence-corrected chi connectivity index (χ4v) is 2.41. The van der Waals surface area contributed by atoms with Crippen LogP contribution >= 0.6 is 0 Å². The molecule has 2 heterocycles. The minimum absolute atomic E-state index is 0.253. The molecule has 0 spiro atoms. The Hall–Kier alpha value is -2.89. The molecule has 0 radical (unpaired) electrons. The van der Waals surface area contributed by atoms with E-state index >= 15 is 0 Å². The van der Waals surface area contributed by atoms with Gasteiger partial charge in [0, 0.05) is 30.3 Å². The molecule has 4 rings (SSSR count). The van der Waals surface area contributed by atoms with E-state index in [4.69, 9.17) is 4.52 Å². The van der Waals surface area contributed by atoms with Crippen molar-refractivity contribution in [3.05, 3.63) is 65.8 Å². The Labute approximate surface area is 133 Å². The Kier molecular flexibility index (Phi) is 3.42. The predicted molar refractivity (Wildman–Crippen MR) is 83.2 cm³/mol. The first kappa shape index (κ1) is 13.8. The van der Waals surface area contributed by atoms with Gasteiger partial charge in [0.15, 0.2) is 0 Å². The number of aromatic nitrogens is 3. The minimum Gasteiger partial charge on any atom is -0.351 e. The first-order valence-electron chi connectivity index (χ1n) is 7.63. The number of carbonyl (C=O) groups is 1. The number of hydrogen-bond donors (Lipinski definition) is 1. The molecule has 1 aliphatic carbocycles. The standard InChI is InChI=1S/C17H16N4O2/c22-17(16-8-15(20-23-16)13-6-7-13)18-9-12-10-19-21(11-12)14-4-2-1-3-5-14/h1-5,8,10-11,13H,6-7,9H2,(H,18,22). The maximum Gasteiger partial charge on any atom is 0.290 e. The summed E-state index contributed by atoms with van der Waals surface area (Å²) in [5.74, 6) is 0.489. The average Bonchev–Trinajstić information content (AvgIpc) is 3.14. The second-order valence-corrected chi connectivity index (χ2v) is 5.70. The van der Waals surface area contributed by atoms with Crippen molar-refractivity contribution in [2.75, 3.05) is 0 Å². The normalized spacial score (nSPS) is 13.9. The van der Waals surface area contributed by atoms with Gasteiger partial charge in [-0.15, -0.1) is 0 Å². The summed E-state index contributed by atoms with van der Waals surface area (Å²) in [7, 11) is 0. The third-order valence-corrected chi connectivity index (χ3v) is 3.86. The minimum atomic E-state index is -0.253. The zero-order valence-corrected chi connectivity index (χ0v) is 12.5. The van der Waals surface area contributed by atoms with Crippen LogP contribution in [-0.4, -0.2) is 20.8 Å². The molecule has 1 aromatic carbocycles. The van der Waals surface area contributed by atoms with Gasteiger partial charge < -0.3 is 9.84 Å². The first-order valence-corrected chi connectivity index (χ1v) is 7.63. The highest BCUT2D eigenvalue weighted by Crippen LogP contribution is 2.39. The zero-order valence-electron chi connectivity index (χ0n) is 12.5. The van der Waals surface area contributed by atoms with Crippen LogP contribution in [0.25, 0.3) is 5.69 Å². The monoisotopic (exact) mass is 308 g/mol. The van der Waals surface area contributed by atoms with Gasteiger partial charge in [-0.2, -0.15) is 5.10 Å². The molecule has 23 heavy (non-hydrogen) atoms. The van der Waals surface area contributed by atoms with Crippen LogP contribution in [0.15, 0.2) is 53.3 Å². The Morgan fingerprint density at radius 1 is 1.30 bits per heavy atom. The first-order chi connectivity index (χ1) is 11.3. The lowest BCUT2D eigenvalue weighted by Gasteiger charge is -2.00. The molecule has 6 nitrogen and oxygen atoms in total. The number of carbonyl (C=O) groups excluding carboxylic acids is 1. The van der Waals surface area contributed by atoms with E-state index in [1.165, 1.54) is 0 Å². The number of nitrogens with zero attached hydrogens (tertiary/aromatic N) is 3. The van der Waals surface area contributed by atoms with Crippen molar-refractivity contribution in [2.45, 2.75) is 25.3 Å². The van der Waals surface area contributed by atoms with Gasteiger partial charge in [0.25, 0.3) is 5.91 Å². The largest absolute Gasteiger partial charge is 0.351 e. The van der Waals surface area contributed by atoms with Crippen LogP contribution in [0, 0.1) is 0 Å². The third-order valence-electron chi connectivity index (χ3n) is 3.86. The Morgan fingerprint density at radius 2 is 2.13 bits per heavy atom. The van der Waals surface area contributed by atoms with Gasteiger partial charge in [-0.05, 0) is 25.0 Å². The van der Waals surface area contributed by atoms with Crippen molar-refractivity contribution in [2.24, 2.45) is 0 Å². The van der Waals surface area contributed by atoms with E-state index in [0.29, 0.717) is 12.5 Å². The van der Waals surface area contributed by atoms with Crippen molar-refractivity contribution in [1.82, 2.24) is 20.3 Å². The van der Waals surface area contributed by atoms with Gasteiger partial charge in [-0.1, -0.05) is 23.4 Å². The number of amides is 1. The molecular weight excluding hydrogens is 292 g/mol. The fraction of sp³-hybridized carbons (Fsp3) is 0.235. The van der Waals surface area contributed by atoms with Gasteiger partial charge in [0.1, 0.15) is 0 Å². The van der Waals surface area contributed by atoms with Crippen LogP contribution in [-0.2, 0) is 6.54 Å². The highest BCUT2D eigenvalue weighted by Gasteiger charge is 2.28. The van der Waals surface area contributed by atoms with Crippen LogP contribution in [0.1, 0.15) is 40.6 Å². The molecule has 0 atom stereocenters. The van der Waals surface area contributed by atoms with Gasteiger partial charge >= 0.3 is 0 Å². The molecule has 0 bridgehead atoms. The summed E-state index contributed by atoms with van der Waals surface area (Å²) in [6.45, 7) is 0.394. The van der Waals surface area contributed by atoms with Crippen LogP contribution in [0.3, 0.4) is 0 Å². The molecule has 2 aromatic heterocycles. The molecular formula is C17H16N4O2. The topological polar surface area (TPSA) is 73.0 Å². The lowest BCUT2D eigenvalue weighted by Crippen LogP contribution is -2.22. The third kappa shape index (κ3) is 3.01. The molecule has 0 aliphatic heterocycles. The number of nitrogens with one attached hydrogen (secondary N) is 1. The average molecular weight is 308 g/mol. The second-order valence-electron chi connectivity index (χ2n) is 5.70. The summed E-state index contributed by atoms with van der Waals surface area (Å²) >= 11 is 0. The SMILES string of the molecule is O=C(NCc1cnn(-c2ccccc2)c1)c1cc(C2CC2)no1. The summed E-state index contributed by atoms with van der Waals surface area (Å²) in [5.41, 5.74) is 2.78. The molecule has 0 unspecified atom stereocenters. The lowest BCUT2D eigenvalue weighted by atomic mass is 10.2. The van der Waals surface area contributed by atoms with Crippen LogP contribution in [0.2, 0.25) is 0 Å². The zero-order chi connectivity index (χ0) is 15.6. The Bertz CT molecular complexity index is 818. The van der Waals surface area contributed by atoms with E-state index < -0.39 is 0 Å². The van der Waals surface area contributed by atoms with Crippen LogP contribution in [0.5, 0.6) is 0 Å². The summed E-state index contributed by atoms with van der Waals surface area (Å²) in [6, 6.07) is 11.6. The van der Waals surface area contributed by atoms with Gasteiger partial charge in [-0.3, -0.25) is 4.79 Å². The fourth-order valence-electron chi connectivity index (χ4n) is 2.41. The van der Waals surface area contributed by atoms with E-state index in [9.17, 15) is 4.79 Å². The summed E-state index contributed by atoms with van der Waals surface area (Å²) < 4.78 is 6.89. The van der Waals surface area contributed by atoms with E-state index in [0.717, 1.165) is 29.8 Å². The van der Waals surface area contributed by atoms with Crippen molar-refractivity contribution in [3.63, 3.8) is 0 Å². The van der Waals surface area contributed by atoms with Crippen LogP contribution < -0.4 is 5.32 Å². The number of para-hydroxylation sites is 1. The smallest absolute Gasteiger partial charge is 0.290 e. The predicted octanol–water partition coefficient (Wildman–Crippen LogP) is 2.67. The molecule has 6 heteroatoms. The highest BCUT2D eigenvalue weighted by molar-refractivity contribution is 5.91. The maximum atomic E-state index is 12.1.